The average molecular weight is 253 g/mol. The fourth-order valence-corrected chi connectivity index (χ4v) is 2.35. The Morgan fingerprint density at radius 3 is 2.61 bits per heavy atom. The highest BCUT2D eigenvalue weighted by atomic mass is 19.1. The first-order chi connectivity index (χ1) is 8.40. The third kappa shape index (κ3) is 2.14. The number of aryl methyl sites for hydroxylation is 2. The second-order valence-corrected chi connectivity index (χ2v) is 4.82. The van der Waals surface area contributed by atoms with Crippen LogP contribution in [0.5, 0.6) is 0 Å². The van der Waals surface area contributed by atoms with E-state index in [4.69, 9.17) is 5.11 Å². The van der Waals surface area contributed by atoms with Crippen molar-refractivity contribution in [2.24, 2.45) is 11.8 Å². The van der Waals surface area contributed by atoms with E-state index in [-0.39, 0.29) is 11.7 Å². The number of anilines is 1. The molecule has 1 N–H and O–H groups in total. The number of nitrogens with zero attached hydrogens (tertiary/aromatic N) is 3. The molecule has 2 rings (SSSR count). The van der Waals surface area contributed by atoms with Gasteiger partial charge in [0, 0.05) is 13.1 Å². The van der Waals surface area contributed by atoms with Gasteiger partial charge in [-0.3, -0.25) is 4.79 Å². The van der Waals surface area contributed by atoms with Gasteiger partial charge in [-0.25, -0.2) is 14.4 Å². The Balaban J connectivity index is 2.32. The first kappa shape index (κ1) is 12.7. The van der Waals surface area contributed by atoms with Crippen LogP contribution in [0.3, 0.4) is 0 Å². The third-order valence-corrected chi connectivity index (χ3v) is 3.34. The van der Waals surface area contributed by atoms with Crippen molar-refractivity contribution < 1.29 is 14.3 Å². The second-order valence-electron chi connectivity index (χ2n) is 4.82. The second kappa shape index (κ2) is 4.51. The van der Waals surface area contributed by atoms with Crippen LogP contribution in [0, 0.1) is 31.5 Å². The highest BCUT2D eigenvalue weighted by Gasteiger charge is 2.36. The molecule has 0 unspecified atom stereocenters. The number of aliphatic carboxylic acids is 1. The molecule has 1 fully saturated rings. The topological polar surface area (TPSA) is 66.3 Å². The Morgan fingerprint density at radius 2 is 2.06 bits per heavy atom. The zero-order valence-electron chi connectivity index (χ0n) is 10.6. The van der Waals surface area contributed by atoms with Crippen molar-refractivity contribution in [2.75, 3.05) is 18.0 Å². The van der Waals surface area contributed by atoms with Crippen molar-refractivity contribution in [3.05, 3.63) is 17.3 Å². The smallest absolute Gasteiger partial charge is 0.308 e. The molecule has 2 heterocycles. The first-order valence-corrected chi connectivity index (χ1v) is 5.88. The van der Waals surface area contributed by atoms with Gasteiger partial charge in [0.05, 0.1) is 11.6 Å². The molecule has 0 bridgehead atoms. The number of halogens is 1. The number of aromatic nitrogens is 2. The molecule has 18 heavy (non-hydrogen) atoms. The van der Waals surface area contributed by atoms with E-state index in [2.05, 4.69) is 9.97 Å². The summed E-state index contributed by atoms with van der Waals surface area (Å²) in [5, 5.41) is 9.07. The quantitative estimate of drug-likeness (QED) is 0.862. The lowest BCUT2D eigenvalue weighted by Crippen LogP contribution is -2.25. The number of hydrogen-bond donors (Lipinski definition) is 1. The molecular weight excluding hydrogens is 237 g/mol. The Bertz CT molecular complexity index is 492. The van der Waals surface area contributed by atoms with Crippen LogP contribution in [0.4, 0.5) is 10.2 Å². The number of hydrogen-bond acceptors (Lipinski definition) is 4. The van der Waals surface area contributed by atoms with Crippen molar-refractivity contribution in [3.63, 3.8) is 0 Å². The van der Waals surface area contributed by atoms with Crippen molar-refractivity contribution in [1.82, 2.24) is 9.97 Å². The van der Waals surface area contributed by atoms with Crippen molar-refractivity contribution >= 4 is 11.8 Å². The van der Waals surface area contributed by atoms with Crippen LogP contribution in [-0.4, -0.2) is 34.1 Å². The molecule has 98 valence electrons. The van der Waals surface area contributed by atoms with Crippen LogP contribution in [0.15, 0.2) is 0 Å². The number of carboxylic acids is 1. The number of rotatable bonds is 2. The molecule has 1 aromatic rings. The zero-order valence-corrected chi connectivity index (χ0v) is 10.6. The van der Waals surface area contributed by atoms with Crippen LogP contribution < -0.4 is 4.90 Å². The molecule has 1 aliphatic rings. The molecule has 0 radical (unpaired) electrons. The van der Waals surface area contributed by atoms with E-state index in [9.17, 15) is 9.18 Å². The van der Waals surface area contributed by atoms with Gasteiger partial charge in [0.25, 0.3) is 0 Å². The highest BCUT2D eigenvalue weighted by molar-refractivity contribution is 5.72. The maximum Gasteiger partial charge on any atom is 0.308 e. The van der Waals surface area contributed by atoms with Gasteiger partial charge in [0.2, 0.25) is 0 Å². The van der Waals surface area contributed by atoms with E-state index in [0.29, 0.717) is 24.6 Å². The van der Waals surface area contributed by atoms with E-state index >= 15 is 0 Å². The summed E-state index contributed by atoms with van der Waals surface area (Å²) in [5.41, 5.74) is 0.295. The van der Waals surface area contributed by atoms with Crippen LogP contribution in [0.1, 0.15) is 18.4 Å². The maximum absolute atomic E-state index is 14.0. The average Bonchev–Trinajstić information content (AvgIpc) is 2.65. The maximum atomic E-state index is 14.0. The van der Waals surface area contributed by atoms with E-state index in [1.807, 2.05) is 6.92 Å². The molecule has 2 atom stereocenters. The summed E-state index contributed by atoms with van der Waals surface area (Å²) in [6.07, 6.45) is 0. The summed E-state index contributed by atoms with van der Waals surface area (Å²) < 4.78 is 14.0. The summed E-state index contributed by atoms with van der Waals surface area (Å²) in [7, 11) is 0. The predicted octanol–water partition coefficient (Wildman–Crippen LogP) is 1.39. The number of carboxylic acid groups (broad SMARTS) is 1. The minimum absolute atomic E-state index is 0.0162. The van der Waals surface area contributed by atoms with Gasteiger partial charge < -0.3 is 10.0 Å². The fraction of sp³-hybridized carbons (Fsp3) is 0.583. The molecular formula is C12H16FN3O2. The van der Waals surface area contributed by atoms with Gasteiger partial charge in [-0.15, -0.1) is 0 Å². The van der Waals surface area contributed by atoms with Crippen molar-refractivity contribution in [1.29, 1.82) is 0 Å². The van der Waals surface area contributed by atoms with Gasteiger partial charge in [0.1, 0.15) is 5.82 Å². The minimum atomic E-state index is -0.840. The lowest BCUT2D eigenvalue weighted by molar-refractivity contribution is -0.142. The van der Waals surface area contributed by atoms with Gasteiger partial charge >= 0.3 is 5.97 Å². The Labute approximate surface area is 105 Å². The zero-order chi connectivity index (χ0) is 13.4. The van der Waals surface area contributed by atoms with E-state index in [1.165, 1.54) is 0 Å². The predicted molar refractivity (Wildman–Crippen MR) is 64.0 cm³/mol. The van der Waals surface area contributed by atoms with Crippen LogP contribution in [0.2, 0.25) is 0 Å². The first-order valence-electron chi connectivity index (χ1n) is 5.88. The third-order valence-electron chi connectivity index (χ3n) is 3.34. The Morgan fingerprint density at radius 1 is 1.39 bits per heavy atom. The van der Waals surface area contributed by atoms with E-state index in [1.54, 1.807) is 18.7 Å². The van der Waals surface area contributed by atoms with Crippen molar-refractivity contribution in [2.45, 2.75) is 20.8 Å². The van der Waals surface area contributed by atoms with Gasteiger partial charge in [-0.1, -0.05) is 6.92 Å². The molecule has 0 spiro atoms. The van der Waals surface area contributed by atoms with Gasteiger partial charge in [-0.2, -0.15) is 0 Å². The van der Waals surface area contributed by atoms with Gasteiger partial charge in [-0.05, 0) is 19.8 Å². The van der Waals surface area contributed by atoms with Crippen molar-refractivity contribution in [3.8, 4) is 0 Å². The minimum Gasteiger partial charge on any atom is -0.481 e. The summed E-state index contributed by atoms with van der Waals surface area (Å²) in [6.45, 7) is 5.94. The molecule has 5 nitrogen and oxygen atoms in total. The standard InChI is InChI=1S/C12H16FN3O2/c1-6-4-16(5-9(6)12(17)18)11-10(13)7(2)14-8(3)15-11/h6,9H,4-5H2,1-3H3,(H,17,18)/t6-,9-/m1/s1. The molecule has 1 aromatic heterocycles. The number of carbonyl (C=O) groups is 1. The fourth-order valence-electron chi connectivity index (χ4n) is 2.35. The molecule has 1 saturated heterocycles. The summed E-state index contributed by atoms with van der Waals surface area (Å²) >= 11 is 0. The Hall–Kier alpha value is -1.72. The summed E-state index contributed by atoms with van der Waals surface area (Å²) in [4.78, 5) is 20.8. The Kier molecular flexibility index (Phi) is 3.19. The summed E-state index contributed by atoms with van der Waals surface area (Å²) in [5.74, 6) is -1.07. The largest absolute Gasteiger partial charge is 0.481 e. The SMILES string of the molecule is Cc1nc(C)c(F)c(N2C[C@@H](C)[C@H](C(=O)O)C2)n1. The van der Waals surface area contributed by atoms with E-state index in [0.717, 1.165) is 0 Å². The monoisotopic (exact) mass is 253 g/mol. The molecule has 0 aliphatic carbocycles. The van der Waals surface area contributed by atoms with Crippen LogP contribution in [-0.2, 0) is 4.79 Å². The van der Waals surface area contributed by atoms with E-state index < -0.39 is 17.7 Å². The normalized spacial score (nSPS) is 23.4. The molecule has 1 aliphatic heterocycles. The molecule has 0 saturated carbocycles. The van der Waals surface area contributed by atoms with Crippen LogP contribution >= 0.6 is 0 Å². The lowest BCUT2D eigenvalue weighted by atomic mass is 9.99. The van der Waals surface area contributed by atoms with Crippen LogP contribution in [0.25, 0.3) is 0 Å². The highest BCUT2D eigenvalue weighted by Crippen LogP contribution is 2.29. The lowest BCUT2D eigenvalue weighted by Gasteiger charge is -2.18. The molecule has 0 amide bonds. The molecule has 0 aromatic carbocycles. The summed E-state index contributed by atoms with van der Waals surface area (Å²) in [6, 6.07) is 0. The van der Waals surface area contributed by atoms with Gasteiger partial charge in [0.15, 0.2) is 11.6 Å². The molecule has 6 heteroatoms.